The third-order valence-electron chi connectivity index (χ3n) is 8.96. The lowest BCUT2D eigenvalue weighted by molar-refractivity contribution is -0.148. The van der Waals surface area contributed by atoms with Crippen LogP contribution in [0.5, 0.6) is 0 Å². The van der Waals surface area contributed by atoms with Gasteiger partial charge in [0.25, 0.3) is 0 Å². The van der Waals surface area contributed by atoms with Crippen LogP contribution in [0.2, 0.25) is 0 Å². The summed E-state index contributed by atoms with van der Waals surface area (Å²) in [5, 5.41) is 3.89. The van der Waals surface area contributed by atoms with Crippen LogP contribution in [0.25, 0.3) is 0 Å². The predicted octanol–water partition coefficient (Wildman–Crippen LogP) is 4.97. The number of rotatable bonds is 6. The van der Waals surface area contributed by atoms with Gasteiger partial charge in [-0.1, -0.05) is 42.5 Å². The Morgan fingerprint density at radius 1 is 1.07 bits per heavy atom. The average molecular weight is 427 g/mol. The lowest BCUT2D eigenvalue weighted by Gasteiger charge is -2.65. The van der Waals surface area contributed by atoms with Gasteiger partial charge in [-0.25, -0.2) is 0 Å². The number of hydrogen-bond acceptors (Lipinski definition) is 3. The van der Waals surface area contributed by atoms with E-state index in [9.17, 15) is 0 Å². The molecule has 0 aromatic heterocycles. The number of nitrogens with one attached hydrogen (secondary N) is 1. The standard InChI is InChI=1S/C26H38N2OS/c1-2-29-23-19-12-25(21-6-4-3-5-7-21)13-20(23)15-26(14-19,17-25)24(30)28-22-10-8-18(16-27)9-11-22/h3-7,18-20,22-23H,2,8-17,27H2,1H3,(H,28,30). The van der Waals surface area contributed by atoms with Crippen molar-refractivity contribution in [3.63, 3.8) is 0 Å². The molecule has 0 amide bonds. The summed E-state index contributed by atoms with van der Waals surface area (Å²) < 4.78 is 6.32. The predicted molar refractivity (Wildman–Crippen MR) is 127 cm³/mol. The third-order valence-corrected chi connectivity index (χ3v) is 9.51. The van der Waals surface area contributed by atoms with Gasteiger partial charge in [0.1, 0.15) is 0 Å². The normalized spacial score (nSPS) is 42.3. The van der Waals surface area contributed by atoms with Crippen molar-refractivity contribution in [3.8, 4) is 0 Å². The molecule has 3 N–H and O–H groups in total. The van der Waals surface area contributed by atoms with E-state index in [0.29, 0.717) is 29.9 Å². The van der Waals surface area contributed by atoms with Gasteiger partial charge in [0, 0.05) is 18.1 Å². The summed E-state index contributed by atoms with van der Waals surface area (Å²) in [7, 11) is 0. The summed E-state index contributed by atoms with van der Waals surface area (Å²) in [6.07, 6.45) is 11.5. The third kappa shape index (κ3) is 3.53. The largest absolute Gasteiger partial charge is 0.378 e. The Labute approximate surface area is 187 Å². The van der Waals surface area contributed by atoms with Gasteiger partial charge in [0.2, 0.25) is 0 Å². The fourth-order valence-electron chi connectivity index (χ4n) is 7.85. The van der Waals surface area contributed by atoms with Crippen molar-refractivity contribution in [2.45, 2.75) is 82.3 Å². The molecule has 5 aliphatic rings. The molecule has 30 heavy (non-hydrogen) atoms. The smallest absolute Gasteiger partial charge is 0.0818 e. The molecule has 5 saturated carbocycles. The summed E-state index contributed by atoms with van der Waals surface area (Å²) in [4.78, 5) is 1.17. The second kappa shape index (κ2) is 8.18. The molecule has 5 fully saturated rings. The van der Waals surface area contributed by atoms with Crippen LogP contribution in [-0.2, 0) is 10.2 Å². The summed E-state index contributed by atoms with van der Waals surface area (Å²) in [6.45, 7) is 3.82. The maximum absolute atomic E-state index is 6.32. The maximum atomic E-state index is 6.32. The van der Waals surface area contributed by atoms with E-state index < -0.39 is 0 Å². The number of benzene rings is 1. The molecule has 4 heteroatoms. The topological polar surface area (TPSA) is 47.3 Å². The van der Waals surface area contributed by atoms with Crippen LogP contribution in [-0.4, -0.2) is 30.3 Å². The van der Waals surface area contributed by atoms with E-state index in [1.165, 1.54) is 68.3 Å². The van der Waals surface area contributed by atoms with Crippen LogP contribution in [0.1, 0.15) is 70.3 Å². The van der Waals surface area contributed by atoms with E-state index in [-0.39, 0.29) is 10.8 Å². The van der Waals surface area contributed by atoms with Crippen LogP contribution in [0.15, 0.2) is 30.3 Å². The average Bonchev–Trinajstić information content (AvgIpc) is 2.77. The highest BCUT2D eigenvalue weighted by molar-refractivity contribution is 7.80. The highest BCUT2D eigenvalue weighted by Crippen LogP contribution is 2.66. The zero-order chi connectivity index (χ0) is 20.8. The molecule has 3 nitrogen and oxygen atoms in total. The van der Waals surface area contributed by atoms with Crippen LogP contribution in [0, 0.1) is 23.2 Å². The molecule has 0 aliphatic heterocycles. The molecular weight excluding hydrogens is 388 g/mol. The Morgan fingerprint density at radius 3 is 2.33 bits per heavy atom. The molecule has 5 aliphatic carbocycles. The first-order valence-electron chi connectivity index (χ1n) is 12.3. The van der Waals surface area contributed by atoms with E-state index in [4.69, 9.17) is 22.7 Å². The number of ether oxygens (including phenoxy) is 1. The van der Waals surface area contributed by atoms with Gasteiger partial charge in [0.05, 0.1) is 11.1 Å². The molecule has 0 spiro atoms. The molecule has 6 rings (SSSR count). The van der Waals surface area contributed by atoms with Crippen molar-refractivity contribution in [2.75, 3.05) is 13.2 Å². The van der Waals surface area contributed by atoms with Gasteiger partial charge in [-0.15, -0.1) is 0 Å². The van der Waals surface area contributed by atoms with Crippen LogP contribution in [0.3, 0.4) is 0 Å². The molecule has 4 bridgehead atoms. The van der Waals surface area contributed by atoms with Crippen molar-refractivity contribution >= 4 is 17.2 Å². The van der Waals surface area contributed by atoms with E-state index in [1.54, 1.807) is 0 Å². The van der Waals surface area contributed by atoms with Crippen LogP contribution in [0.4, 0.5) is 0 Å². The van der Waals surface area contributed by atoms with E-state index in [0.717, 1.165) is 13.2 Å². The van der Waals surface area contributed by atoms with Gasteiger partial charge in [-0.3, -0.25) is 0 Å². The summed E-state index contributed by atoms with van der Waals surface area (Å²) >= 11 is 6.21. The summed E-state index contributed by atoms with van der Waals surface area (Å²) in [6, 6.07) is 11.8. The second-order valence-electron chi connectivity index (χ2n) is 10.8. The Bertz CT molecular complexity index is 742. The van der Waals surface area contributed by atoms with E-state index >= 15 is 0 Å². The first-order valence-corrected chi connectivity index (χ1v) is 12.7. The lowest BCUT2D eigenvalue weighted by Crippen LogP contribution is -2.64. The van der Waals surface area contributed by atoms with Crippen molar-refractivity contribution in [1.29, 1.82) is 0 Å². The molecule has 2 unspecified atom stereocenters. The first-order chi connectivity index (χ1) is 14.6. The van der Waals surface area contributed by atoms with E-state index in [2.05, 4.69) is 42.6 Å². The van der Waals surface area contributed by atoms with Crippen molar-refractivity contribution in [2.24, 2.45) is 28.9 Å². The van der Waals surface area contributed by atoms with Crippen molar-refractivity contribution < 1.29 is 4.74 Å². The molecule has 1 aromatic rings. The first kappa shape index (κ1) is 20.9. The van der Waals surface area contributed by atoms with E-state index in [1.807, 2.05) is 0 Å². The van der Waals surface area contributed by atoms with Gasteiger partial charge in [-0.05, 0) is 100.0 Å². The number of nitrogens with two attached hydrogens (primary N) is 1. The second-order valence-corrected chi connectivity index (χ2v) is 11.2. The zero-order valence-corrected chi connectivity index (χ0v) is 19.3. The van der Waals surface area contributed by atoms with Crippen molar-refractivity contribution in [3.05, 3.63) is 35.9 Å². The summed E-state index contributed by atoms with van der Waals surface area (Å²) in [5.74, 6) is 1.99. The minimum atomic E-state index is 0.162. The SMILES string of the molecule is CCOC1C2CC3(C(=S)NC4CCC(CN)CC4)CC1CC(c1ccccc1)(C2)C3. The van der Waals surface area contributed by atoms with Crippen molar-refractivity contribution in [1.82, 2.24) is 5.32 Å². The monoisotopic (exact) mass is 426 g/mol. The van der Waals surface area contributed by atoms with Gasteiger partial charge in [-0.2, -0.15) is 0 Å². The molecule has 1 aromatic carbocycles. The van der Waals surface area contributed by atoms with Gasteiger partial charge in [0.15, 0.2) is 0 Å². The lowest BCUT2D eigenvalue weighted by atomic mass is 9.42. The highest BCUT2D eigenvalue weighted by atomic mass is 32.1. The summed E-state index contributed by atoms with van der Waals surface area (Å²) in [5.41, 5.74) is 7.88. The Hall–Kier alpha value is -0.970. The maximum Gasteiger partial charge on any atom is 0.0818 e. The fraction of sp³-hybridized carbons (Fsp3) is 0.731. The molecular formula is C26H38N2OS. The molecule has 164 valence electrons. The van der Waals surface area contributed by atoms with Gasteiger partial charge >= 0.3 is 0 Å². The minimum Gasteiger partial charge on any atom is -0.378 e. The van der Waals surface area contributed by atoms with Gasteiger partial charge < -0.3 is 15.8 Å². The minimum absolute atomic E-state index is 0.162. The molecule has 0 radical (unpaired) electrons. The molecule has 0 saturated heterocycles. The Kier molecular flexibility index (Phi) is 5.70. The molecule has 0 heterocycles. The fourth-order valence-corrected chi connectivity index (χ4v) is 8.25. The number of hydrogen-bond donors (Lipinski definition) is 2. The zero-order valence-electron chi connectivity index (χ0n) is 18.4. The van der Waals surface area contributed by atoms with Crippen LogP contribution < -0.4 is 11.1 Å². The number of thiocarbonyl (C=S) groups is 1. The Balaban J connectivity index is 1.39. The highest BCUT2D eigenvalue weighted by Gasteiger charge is 2.63. The quantitative estimate of drug-likeness (QED) is 0.630. The van der Waals surface area contributed by atoms with Crippen LogP contribution >= 0.6 is 12.2 Å². The Morgan fingerprint density at radius 2 is 1.73 bits per heavy atom. The molecule has 2 atom stereocenters.